The number of fused-ring (bicyclic) bond motifs is 2. The van der Waals surface area contributed by atoms with E-state index in [1.807, 2.05) is 6.07 Å². The number of benzene rings is 3. The van der Waals surface area contributed by atoms with Crippen molar-refractivity contribution in [3.63, 3.8) is 0 Å². The third-order valence-electron chi connectivity index (χ3n) is 5.59. The van der Waals surface area contributed by atoms with E-state index in [1.54, 1.807) is 54.6 Å². The number of carbonyl (C=O) groups is 1. The van der Waals surface area contributed by atoms with Gasteiger partial charge in [-0.25, -0.2) is 4.39 Å². The molecule has 0 saturated carbocycles. The van der Waals surface area contributed by atoms with Gasteiger partial charge in [0.1, 0.15) is 11.4 Å². The summed E-state index contributed by atoms with van der Waals surface area (Å²) in [4.78, 5) is 28.0. The van der Waals surface area contributed by atoms with Crippen LogP contribution in [-0.4, -0.2) is 22.5 Å². The lowest BCUT2D eigenvalue weighted by Gasteiger charge is -2.27. The molecule has 1 aliphatic heterocycles. The van der Waals surface area contributed by atoms with Crippen LogP contribution in [0.3, 0.4) is 0 Å². The van der Waals surface area contributed by atoms with Crippen molar-refractivity contribution in [1.82, 2.24) is 4.90 Å². The van der Waals surface area contributed by atoms with Crippen molar-refractivity contribution in [3.05, 3.63) is 117 Å². The van der Waals surface area contributed by atoms with Gasteiger partial charge in [-0.3, -0.25) is 9.59 Å². The number of hydrogen-bond acceptors (Lipinski definition) is 4. The Morgan fingerprint density at radius 2 is 1.71 bits per heavy atom. The van der Waals surface area contributed by atoms with E-state index in [9.17, 15) is 19.1 Å². The molecule has 1 aromatic heterocycles. The first-order valence-electron chi connectivity index (χ1n) is 9.90. The van der Waals surface area contributed by atoms with Gasteiger partial charge < -0.3 is 14.4 Å². The maximum Gasteiger partial charge on any atom is 0.291 e. The van der Waals surface area contributed by atoms with Gasteiger partial charge in [0, 0.05) is 0 Å². The van der Waals surface area contributed by atoms with E-state index in [4.69, 9.17) is 4.42 Å². The van der Waals surface area contributed by atoms with Gasteiger partial charge in [-0.05, 0) is 35.4 Å². The lowest BCUT2D eigenvalue weighted by atomic mass is 9.98. The van der Waals surface area contributed by atoms with Crippen molar-refractivity contribution in [2.75, 3.05) is 6.54 Å². The molecule has 5 nitrogen and oxygen atoms in total. The quantitative estimate of drug-likeness (QED) is 0.542. The summed E-state index contributed by atoms with van der Waals surface area (Å²) in [6, 6.07) is 20.6. The Morgan fingerprint density at radius 1 is 0.968 bits per heavy atom. The number of rotatable bonds is 4. The predicted molar refractivity (Wildman–Crippen MR) is 113 cm³/mol. The molecule has 0 saturated heterocycles. The fraction of sp³-hybridized carbons (Fsp3) is 0.120. The van der Waals surface area contributed by atoms with Crippen molar-refractivity contribution < 1.29 is 18.7 Å². The second kappa shape index (κ2) is 7.49. The molecule has 1 aliphatic rings. The van der Waals surface area contributed by atoms with Crippen LogP contribution in [-0.2, 0) is 0 Å². The van der Waals surface area contributed by atoms with E-state index < -0.39 is 23.9 Å². The smallest absolute Gasteiger partial charge is 0.291 e. The predicted octanol–water partition coefficient (Wildman–Crippen LogP) is 4.21. The molecule has 1 amide bonds. The maximum absolute atomic E-state index is 14.0. The third-order valence-corrected chi connectivity index (χ3v) is 5.59. The van der Waals surface area contributed by atoms with E-state index >= 15 is 0 Å². The summed E-state index contributed by atoms with van der Waals surface area (Å²) in [7, 11) is 0. The van der Waals surface area contributed by atoms with E-state index in [0.29, 0.717) is 22.1 Å². The average molecular weight is 415 g/mol. The number of carbonyl (C=O) groups excluding carboxylic acids is 1. The zero-order chi connectivity index (χ0) is 21.5. The van der Waals surface area contributed by atoms with Crippen molar-refractivity contribution >= 4 is 16.9 Å². The molecule has 4 aromatic rings. The fourth-order valence-electron chi connectivity index (χ4n) is 4.15. The fourth-order valence-corrected chi connectivity index (χ4v) is 4.15. The summed E-state index contributed by atoms with van der Waals surface area (Å²) in [6.45, 7) is -0.0794. The minimum atomic E-state index is -0.986. The van der Waals surface area contributed by atoms with Crippen molar-refractivity contribution in [3.8, 4) is 0 Å². The van der Waals surface area contributed by atoms with E-state index in [0.717, 1.165) is 0 Å². The highest BCUT2D eigenvalue weighted by molar-refractivity contribution is 5.99. The summed E-state index contributed by atoms with van der Waals surface area (Å²) in [5.41, 5.74) is 1.21. The van der Waals surface area contributed by atoms with Gasteiger partial charge >= 0.3 is 0 Å². The normalized spacial score (nSPS) is 16.5. The first-order valence-corrected chi connectivity index (χ1v) is 9.90. The lowest BCUT2D eigenvalue weighted by molar-refractivity contribution is 0.0583. The zero-order valence-electron chi connectivity index (χ0n) is 16.4. The van der Waals surface area contributed by atoms with Crippen molar-refractivity contribution in [1.29, 1.82) is 0 Å². The van der Waals surface area contributed by atoms with Gasteiger partial charge in [0.15, 0.2) is 5.43 Å². The first kappa shape index (κ1) is 19.2. The Balaban J connectivity index is 1.68. The van der Waals surface area contributed by atoms with Crippen molar-refractivity contribution in [2.45, 2.75) is 12.1 Å². The third kappa shape index (κ3) is 3.21. The number of aliphatic hydroxyl groups excluding tert-OH is 1. The molecule has 0 unspecified atom stereocenters. The SMILES string of the molecule is O=C1c2oc3ccccc3c(=O)c2[C@H](c2cccc(F)c2)N1C[C@H](O)c1ccccc1. The van der Waals surface area contributed by atoms with Gasteiger partial charge in [0.2, 0.25) is 5.76 Å². The van der Waals surface area contributed by atoms with Crippen LogP contribution >= 0.6 is 0 Å². The molecular weight excluding hydrogens is 397 g/mol. The number of aliphatic hydroxyl groups is 1. The monoisotopic (exact) mass is 415 g/mol. The minimum Gasteiger partial charge on any atom is -0.450 e. The van der Waals surface area contributed by atoms with Gasteiger partial charge in [-0.15, -0.1) is 0 Å². The number of nitrogens with zero attached hydrogens (tertiary/aromatic N) is 1. The van der Waals surface area contributed by atoms with E-state index in [-0.39, 0.29) is 23.3 Å². The van der Waals surface area contributed by atoms with Crippen LogP contribution in [0.2, 0.25) is 0 Å². The van der Waals surface area contributed by atoms with Crippen LogP contribution in [0.15, 0.2) is 88.1 Å². The number of β-amino-alcohol motifs (C(OH)–C–C–N with tert-alkyl or cyclic N) is 1. The number of hydrogen-bond donors (Lipinski definition) is 1. The summed E-state index contributed by atoms with van der Waals surface area (Å²) >= 11 is 0. The first-order chi connectivity index (χ1) is 15.0. The number of amides is 1. The molecule has 2 heterocycles. The van der Waals surface area contributed by atoms with Crippen LogP contribution in [0.25, 0.3) is 11.0 Å². The summed E-state index contributed by atoms with van der Waals surface area (Å²) in [6.07, 6.45) is -0.986. The topological polar surface area (TPSA) is 70.8 Å². The van der Waals surface area contributed by atoms with Crippen LogP contribution < -0.4 is 5.43 Å². The highest BCUT2D eigenvalue weighted by atomic mass is 19.1. The Morgan fingerprint density at radius 3 is 2.48 bits per heavy atom. The number of para-hydroxylation sites is 1. The Hall–Kier alpha value is -3.77. The molecule has 0 aliphatic carbocycles. The lowest BCUT2D eigenvalue weighted by Crippen LogP contribution is -2.33. The minimum absolute atomic E-state index is 0.0711. The maximum atomic E-state index is 14.0. The molecule has 0 fully saturated rings. The summed E-state index contributed by atoms with van der Waals surface area (Å²) < 4.78 is 19.9. The van der Waals surface area contributed by atoms with Crippen LogP contribution in [0.1, 0.15) is 39.4 Å². The Kier molecular flexibility index (Phi) is 4.64. The molecule has 0 spiro atoms. The highest BCUT2D eigenvalue weighted by Gasteiger charge is 2.43. The van der Waals surface area contributed by atoms with Crippen LogP contribution in [0.4, 0.5) is 4.39 Å². The largest absolute Gasteiger partial charge is 0.450 e. The molecule has 5 rings (SSSR count). The average Bonchev–Trinajstić information content (AvgIpc) is 3.06. The van der Waals surface area contributed by atoms with Crippen LogP contribution in [0.5, 0.6) is 0 Å². The molecule has 31 heavy (non-hydrogen) atoms. The van der Waals surface area contributed by atoms with Gasteiger partial charge in [-0.1, -0.05) is 54.6 Å². The second-order valence-electron chi connectivity index (χ2n) is 7.51. The highest BCUT2D eigenvalue weighted by Crippen LogP contribution is 2.39. The Bertz CT molecular complexity index is 1350. The van der Waals surface area contributed by atoms with E-state index in [2.05, 4.69) is 0 Å². The Labute approximate surface area is 177 Å². The zero-order valence-corrected chi connectivity index (χ0v) is 16.4. The molecular formula is C25H18FNO4. The van der Waals surface area contributed by atoms with Gasteiger partial charge in [0.25, 0.3) is 5.91 Å². The van der Waals surface area contributed by atoms with Crippen molar-refractivity contribution in [2.24, 2.45) is 0 Å². The molecule has 0 radical (unpaired) electrons. The van der Waals surface area contributed by atoms with E-state index in [1.165, 1.54) is 23.1 Å². The molecule has 6 heteroatoms. The van der Waals surface area contributed by atoms with Gasteiger partial charge in [0.05, 0.1) is 29.6 Å². The summed E-state index contributed by atoms with van der Waals surface area (Å²) in [5, 5.41) is 11.1. The summed E-state index contributed by atoms with van der Waals surface area (Å²) in [5.74, 6) is -1.06. The molecule has 154 valence electrons. The number of halogens is 1. The van der Waals surface area contributed by atoms with Crippen LogP contribution in [0, 0.1) is 5.82 Å². The second-order valence-corrected chi connectivity index (χ2v) is 7.51. The standard InChI is InChI=1S/C25H18FNO4/c26-17-10-6-9-16(13-17)22-21-23(29)18-11-4-5-12-20(18)31-24(21)25(30)27(22)14-19(28)15-7-2-1-3-8-15/h1-13,19,22,28H,14H2/t19-,22-/m0/s1. The molecule has 3 aromatic carbocycles. The van der Waals surface area contributed by atoms with Gasteiger partial charge in [-0.2, -0.15) is 0 Å². The molecule has 0 bridgehead atoms. The molecule has 1 N–H and O–H groups in total. The molecule has 2 atom stereocenters.